The fourth-order valence-electron chi connectivity index (χ4n) is 2.41. The molecule has 0 heterocycles. The molecular formula is C20H19FO6. The van der Waals surface area contributed by atoms with Crippen LogP contribution in [0.1, 0.15) is 33.2 Å². The van der Waals surface area contributed by atoms with Crippen LogP contribution in [0, 0.1) is 5.82 Å². The Morgan fingerprint density at radius 2 is 1.56 bits per heavy atom. The molecule has 0 aliphatic heterocycles. The zero-order valence-corrected chi connectivity index (χ0v) is 15.2. The number of rotatable bonds is 8. The molecule has 0 bridgehead atoms. The van der Waals surface area contributed by atoms with E-state index in [0.717, 1.165) is 6.07 Å². The number of carbonyl (C=O) groups excluding carboxylic acids is 3. The highest BCUT2D eigenvalue weighted by Gasteiger charge is 2.15. The van der Waals surface area contributed by atoms with Gasteiger partial charge in [0.2, 0.25) is 0 Å². The summed E-state index contributed by atoms with van der Waals surface area (Å²) in [5.74, 6) is -1.60. The number of carbonyl (C=O) groups is 3. The van der Waals surface area contributed by atoms with Crippen LogP contribution in [0.15, 0.2) is 36.4 Å². The van der Waals surface area contributed by atoms with E-state index in [0.29, 0.717) is 16.9 Å². The van der Waals surface area contributed by atoms with Crippen LogP contribution < -0.4 is 9.47 Å². The molecule has 0 aliphatic carbocycles. The van der Waals surface area contributed by atoms with Crippen LogP contribution in [-0.2, 0) is 16.0 Å². The second kappa shape index (κ2) is 8.93. The van der Waals surface area contributed by atoms with Gasteiger partial charge in [-0.15, -0.1) is 0 Å². The maximum absolute atomic E-state index is 13.7. The van der Waals surface area contributed by atoms with Gasteiger partial charge in [-0.05, 0) is 43.3 Å². The molecule has 0 aromatic heterocycles. The number of Topliss-reactive ketones (excluding diaryl/α,β-unsaturated/α-hetero) is 2. The topological polar surface area (TPSA) is 78.9 Å². The van der Waals surface area contributed by atoms with Crippen LogP contribution >= 0.6 is 0 Å². The lowest BCUT2D eigenvalue weighted by atomic mass is 10.0. The van der Waals surface area contributed by atoms with Gasteiger partial charge in [0, 0.05) is 16.7 Å². The average Bonchev–Trinajstić information content (AvgIpc) is 2.65. The standard InChI is InChI=1S/C20H19FO6/c1-12(22)13-4-6-18(25-2)15(8-13)10-20(24)27-11-17(23)14-5-7-19(26-3)16(21)9-14/h4-9H,10-11H2,1-3H3. The fourth-order valence-corrected chi connectivity index (χ4v) is 2.41. The predicted octanol–water partition coefficient (Wildman–Crippen LogP) is 3.01. The molecule has 142 valence electrons. The van der Waals surface area contributed by atoms with E-state index in [1.54, 1.807) is 18.2 Å². The minimum Gasteiger partial charge on any atom is -0.496 e. The summed E-state index contributed by atoms with van der Waals surface area (Å²) < 4.78 is 28.6. The van der Waals surface area contributed by atoms with Crippen LogP contribution in [0.25, 0.3) is 0 Å². The summed E-state index contributed by atoms with van der Waals surface area (Å²) in [7, 11) is 2.76. The van der Waals surface area contributed by atoms with Crippen molar-refractivity contribution in [3.05, 3.63) is 58.9 Å². The summed E-state index contributed by atoms with van der Waals surface area (Å²) in [5.41, 5.74) is 0.971. The summed E-state index contributed by atoms with van der Waals surface area (Å²) in [6.45, 7) is 0.885. The highest BCUT2D eigenvalue weighted by Crippen LogP contribution is 2.21. The van der Waals surface area contributed by atoms with Gasteiger partial charge in [0.25, 0.3) is 0 Å². The zero-order chi connectivity index (χ0) is 20.0. The van der Waals surface area contributed by atoms with E-state index >= 15 is 0 Å². The Morgan fingerprint density at radius 1 is 0.926 bits per heavy atom. The van der Waals surface area contributed by atoms with E-state index in [1.807, 2.05) is 0 Å². The molecule has 0 aliphatic rings. The van der Waals surface area contributed by atoms with E-state index in [2.05, 4.69) is 0 Å². The van der Waals surface area contributed by atoms with E-state index in [9.17, 15) is 18.8 Å². The molecule has 0 saturated carbocycles. The highest BCUT2D eigenvalue weighted by molar-refractivity contribution is 5.98. The quantitative estimate of drug-likeness (QED) is 0.522. The number of esters is 1. The molecule has 0 unspecified atom stereocenters. The molecule has 7 heteroatoms. The van der Waals surface area contributed by atoms with E-state index in [1.165, 1.54) is 33.3 Å². The van der Waals surface area contributed by atoms with Crippen molar-refractivity contribution in [2.75, 3.05) is 20.8 Å². The average molecular weight is 374 g/mol. The van der Waals surface area contributed by atoms with Crippen LogP contribution in [0.2, 0.25) is 0 Å². The van der Waals surface area contributed by atoms with Crippen molar-refractivity contribution < 1.29 is 33.0 Å². The van der Waals surface area contributed by atoms with Crippen molar-refractivity contribution in [3.8, 4) is 11.5 Å². The van der Waals surface area contributed by atoms with Crippen LogP contribution in [0.3, 0.4) is 0 Å². The molecule has 2 aromatic rings. The lowest BCUT2D eigenvalue weighted by molar-refractivity contribution is -0.141. The third-order valence-corrected chi connectivity index (χ3v) is 3.86. The van der Waals surface area contributed by atoms with E-state index in [4.69, 9.17) is 14.2 Å². The molecule has 6 nitrogen and oxygen atoms in total. The van der Waals surface area contributed by atoms with Gasteiger partial charge in [-0.3, -0.25) is 14.4 Å². The number of benzene rings is 2. The minimum atomic E-state index is -0.680. The van der Waals surface area contributed by atoms with Gasteiger partial charge in [-0.1, -0.05) is 0 Å². The third-order valence-electron chi connectivity index (χ3n) is 3.86. The number of methoxy groups -OCH3 is 2. The zero-order valence-electron chi connectivity index (χ0n) is 15.2. The molecule has 0 radical (unpaired) electrons. The SMILES string of the molecule is COc1ccc(C(=O)COC(=O)Cc2cc(C(C)=O)ccc2OC)cc1F. The maximum Gasteiger partial charge on any atom is 0.310 e. The van der Waals surface area contributed by atoms with Crippen LogP contribution in [-0.4, -0.2) is 38.4 Å². The smallest absolute Gasteiger partial charge is 0.310 e. The van der Waals surface area contributed by atoms with Crippen LogP contribution in [0.4, 0.5) is 4.39 Å². The third kappa shape index (κ3) is 5.13. The molecule has 0 atom stereocenters. The van der Waals surface area contributed by atoms with Crippen molar-refractivity contribution in [2.24, 2.45) is 0 Å². The van der Waals surface area contributed by atoms with E-state index < -0.39 is 24.2 Å². The monoisotopic (exact) mass is 374 g/mol. The molecule has 0 amide bonds. The molecule has 2 aromatic carbocycles. The molecular weight excluding hydrogens is 355 g/mol. The number of ether oxygens (including phenoxy) is 3. The highest BCUT2D eigenvalue weighted by atomic mass is 19.1. The number of ketones is 2. The van der Waals surface area contributed by atoms with Crippen molar-refractivity contribution in [3.63, 3.8) is 0 Å². The molecule has 27 heavy (non-hydrogen) atoms. The number of hydrogen-bond donors (Lipinski definition) is 0. The summed E-state index contributed by atoms with van der Waals surface area (Å²) in [5, 5.41) is 0. The Kier molecular flexibility index (Phi) is 6.65. The van der Waals surface area contributed by atoms with Gasteiger partial charge in [0.1, 0.15) is 5.75 Å². The summed E-state index contributed by atoms with van der Waals surface area (Å²) in [6.07, 6.45) is -0.172. The van der Waals surface area contributed by atoms with Crippen molar-refractivity contribution in [1.29, 1.82) is 0 Å². The van der Waals surface area contributed by atoms with Crippen LogP contribution in [0.5, 0.6) is 11.5 Å². The van der Waals surface area contributed by atoms with Gasteiger partial charge in [-0.2, -0.15) is 0 Å². The first-order valence-electron chi connectivity index (χ1n) is 8.06. The maximum atomic E-state index is 13.7. The molecule has 2 rings (SSSR count). The largest absolute Gasteiger partial charge is 0.496 e. The predicted molar refractivity (Wildman–Crippen MR) is 94.9 cm³/mol. The first kappa shape index (κ1) is 20.1. The Hall–Kier alpha value is -3.22. The normalized spacial score (nSPS) is 10.2. The van der Waals surface area contributed by atoms with Crippen molar-refractivity contribution >= 4 is 17.5 Å². The Labute approximate surface area is 155 Å². The number of halogens is 1. The first-order chi connectivity index (χ1) is 12.8. The fraction of sp³-hybridized carbons (Fsp3) is 0.250. The summed E-state index contributed by atoms with van der Waals surface area (Å²) >= 11 is 0. The second-order valence-corrected chi connectivity index (χ2v) is 5.69. The Bertz CT molecular complexity index is 875. The van der Waals surface area contributed by atoms with Gasteiger partial charge in [0.05, 0.1) is 20.6 Å². The molecule has 0 fully saturated rings. The Morgan fingerprint density at radius 3 is 2.15 bits per heavy atom. The minimum absolute atomic E-state index is 0.0148. The van der Waals surface area contributed by atoms with E-state index in [-0.39, 0.29) is 23.5 Å². The molecule has 0 spiro atoms. The Balaban J connectivity index is 2.02. The second-order valence-electron chi connectivity index (χ2n) is 5.69. The van der Waals surface area contributed by atoms with Gasteiger partial charge in [-0.25, -0.2) is 4.39 Å². The van der Waals surface area contributed by atoms with Crippen molar-refractivity contribution in [1.82, 2.24) is 0 Å². The summed E-state index contributed by atoms with van der Waals surface area (Å²) in [6, 6.07) is 8.46. The number of hydrogen-bond acceptors (Lipinski definition) is 6. The first-order valence-corrected chi connectivity index (χ1v) is 8.06. The van der Waals surface area contributed by atoms with Gasteiger partial charge >= 0.3 is 5.97 Å². The molecule has 0 saturated heterocycles. The van der Waals surface area contributed by atoms with Gasteiger partial charge in [0.15, 0.2) is 29.7 Å². The van der Waals surface area contributed by atoms with Crippen molar-refractivity contribution in [2.45, 2.75) is 13.3 Å². The van der Waals surface area contributed by atoms with Gasteiger partial charge < -0.3 is 14.2 Å². The molecule has 0 N–H and O–H groups in total. The summed E-state index contributed by atoms with van der Waals surface area (Å²) in [4.78, 5) is 35.6. The lowest BCUT2D eigenvalue weighted by Gasteiger charge is -2.10. The lowest BCUT2D eigenvalue weighted by Crippen LogP contribution is -2.16.